The van der Waals surface area contributed by atoms with E-state index >= 15 is 0 Å². The number of hydrogen-bond acceptors (Lipinski definition) is 6. The Bertz CT molecular complexity index is 833. The van der Waals surface area contributed by atoms with E-state index < -0.39 is 5.60 Å². The molecule has 29 heavy (non-hydrogen) atoms. The molecule has 0 radical (unpaired) electrons. The number of nitrogens with zero attached hydrogens (tertiary/aromatic N) is 4. The van der Waals surface area contributed by atoms with Gasteiger partial charge in [-0.1, -0.05) is 35.0 Å². The van der Waals surface area contributed by atoms with Crippen LogP contribution in [0.5, 0.6) is 0 Å². The Morgan fingerprint density at radius 1 is 1.31 bits per heavy atom. The summed E-state index contributed by atoms with van der Waals surface area (Å²) < 4.78 is 10.8. The van der Waals surface area contributed by atoms with Crippen LogP contribution in [0.1, 0.15) is 50.5 Å². The molecule has 0 unspecified atom stereocenters. The molecule has 1 amide bonds. The minimum atomic E-state index is -0.518. The quantitative estimate of drug-likeness (QED) is 0.719. The van der Waals surface area contributed by atoms with Crippen molar-refractivity contribution >= 4 is 17.7 Å². The van der Waals surface area contributed by atoms with E-state index in [1.54, 1.807) is 4.90 Å². The predicted octanol–water partition coefficient (Wildman–Crippen LogP) is 4.26. The molecule has 7 nitrogen and oxygen atoms in total. The summed E-state index contributed by atoms with van der Waals surface area (Å²) in [6.07, 6.45) is 1.33. The first-order chi connectivity index (χ1) is 13.7. The van der Waals surface area contributed by atoms with E-state index in [-0.39, 0.29) is 12.1 Å². The highest BCUT2D eigenvalue weighted by Crippen LogP contribution is 2.31. The van der Waals surface area contributed by atoms with Crippen molar-refractivity contribution in [3.8, 4) is 0 Å². The lowest BCUT2D eigenvalue weighted by molar-refractivity contribution is 0.00325. The number of aromatic nitrogens is 2. The average Bonchev–Trinajstić information content (AvgIpc) is 3.06. The van der Waals surface area contributed by atoms with Crippen LogP contribution in [-0.4, -0.2) is 57.8 Å². The number of rotatable bonds is 5. The molecule has 1 aliphatic heterocycles. The number of halogens is 1. The molecule has 3 rings (SSSR count). The van der Waals surface area contributed by atoms with Crippen LogP contribution in [0.2, 0.25) is 5.02 Å². The third-order valence-electron chi connectivity index (χ3n) is 4.81. The Morgan fingerprint density at radius 2 is 2.07 bits per heavy atom. The van der Waals surface area contributed by atoms with E-state index in [1.807, 2.05) is 52.0 Å². The molecule has 8 heteroatoms. The summed E-state index contributed by atoms with van der Waals surface area (Å²) in [5.74, 6) is 1.31. The van der Waals surface area contributed by atoms with Gasteiger partial charge < -0.3 is 14.2 Å². The summed E-state index contributed by atoms with van der Waals surface area (Å²) >= 11 is 6.49. The molecule has 0 saturated carbocycles. The molecular weight excluding hydrogens is 392 g/mol. The van der Waals surface area contributed by atoms with Crippen LogP contribution in [0.4, 0.5) is 4.79 Å². The van der Waals surface area contributed by atoms with Crippen LogP contribution in [0.3, 0.4) is 0 Å². The van der Waals surface area contributed by atoms with Gasteiger partial charge in [-0.2, -0.15) is 4.98 Å². The minimum absolute atomic E-state index is 0.00869. The third-order valence-corrected chi connectivity index (χ3v) is 5.16. The van der Waals surface area contributed by atoms with Crippen molar-refractivity contribution in [2.75, 3.05) is 26.2 Å². The fourth-order valence-electron chi connectivity index (χ4n) is 3.50. The topological polar surface area (TPSA) is 71.7 Å². The van der Waals surface area contributed by atoms with Crippen molar-refractivity contribution < 1.29 is 14.1 Å². The second kappa shape index (κ2) is 9.13. The Balaban J connectivity index is 1.70. The first kappa shape index (κ1) is 21.6. The van der Waals surface area contributed by atoms with E-state index in [2.05, 4.69) is 15.0 Å². The normalized spacial score (nSPS) is 18.1. The lowest BCUT2D eigenvalue weighted by Gasteiger charge is -2.42. The number of hydrogen-bond donors (Lipinski definition) is 0. The van der Waals surface area contributed by atoms with E-state index in [1.165, 1.54) is 0 Å². The molecule has 1 aromatic carbocycles. The zero-order valence-corrected chi connectivity index (χ0v) is 18.3. The van der Waals surface area contributed by atoms with Crippen LogP contribution in [-0.2, 0) is 11.2 Å². The molecule has 0 N–H and O–H groups in total. The van der Waals surface area contributed by atoms with Gasteiger partial charge in [0.2, 0.25) is 5.89 Å². The standard InChI is InChI=1S/C21H29ClN4O3/c1-15-23-19(29-24-15)10-7-11-25-12-13-26(20(27)28-21(2,3)4)14-18(25)16-8-5-6-9-17(16)22/h5-6,8-9,18H,7,10-14H2,1-4H3/t18-/m0/s1. The average molecular weight is 421 g/mol. The van der Waals surface area contributed by atoms with Crippen molar-refractivity contribution in [3.63, 3.8) is 0 Å². The maximum atomic E-state index is 12.6. The van der Waals surface area contributed by atoms with Crippen LogP contribution < -0.4 is 0 Å². The van der Waals surface area contributed by atoms with Gasteiger partial charge in [-0.15, -0.1) is 0 Å². The molecule has 1 aliphatic rings. The van der Waals surface area contributed by atoms with Gasteiger partial charge in [0.15, 0.2) is 5.82 Å². The number of piperazine rings is 1. The molecule has 1 fully saturated rings. The van der Waals surface area contributed by atoms with Gasteiger partial charge in [-0.25, -0.2) is 4.79 Å². The Labute approximate surface area is 177 Å². The monoisotopic (exact) mass is 420 g/mol. The van der Waals surface area contributed by atoms with Crippen molar-refractivity contribution in [3.05, 3.63) is 46.6 Å². The summed E-state index contributed by atoms with van der Waals surface area (Å²) in [5, 5.41) is 4.55. The molecule has 1 aromatic heterocycles. The second-order valence-electron chi connectivity index (χ2n) is 8.34. The lowest BCUT2D eigenvalue weighted by atomic mass is 10.0. The van der Waals surface area contributed by atoms with Gasteiger partial charge in [0.25, 0.3) is 0 Å². The molecule has 0 spiro atoms. The lowest BCUT2D eigenvalue weighted by Crippen LogP contribution is -2.51. The minimum Gasteiger partial charge on any atom is -0.444 e. The molecular formula is C21H29ClN4O3. The SMILES string of the molecule is Cc1noc(CCCN2CCN(C(=O)OC(C)(C)C)C[C@H]2c2ccccc2Cl)n1. The van der Waals surface area contributed by atoms with Gasteiger partial charge in [0.05, 0.1) is 6.04 Å². The van der Waals surface area contributed by atoms with Gasteiger partial charge in [-0.3, -0.25) is 4.90 Å². The van der Waals surface area contributed by atoms with Gasteiger partial charge in [0, 0.05) is 31.1 Å². The smallest absolute Gasteiger partial charge is 0.410 e. The van der Waals surface area contributed by atoms with Gasteiger partial charge >= 0.3 is 6.09 Å². The van der Waals surface area contributed by atoms with Crippen molar-refractivity contribution in [2.24, 2.45) is 0 Å². The summed E-state index contributed by atoms with van der Waals surface area (Å²) in [4.78, 5) is 21.0. The predicted molar refractivity (Wildman–Crippen MR) is 111 cm³/mol. The fraction of sp³-hybridized carbons (Fsp3) is 0.571. The van der Waals surface area contributed by atoms with Gasteiger partial charge in [-0.05, 0) is 52.3 Å². The Kier molecular flexibility index (Phi) is 6.80. The van der Waals surface area contributed by atoms with Crippen LogP contribution in [0.25, 0.3) is 0 Å². The highest BCUT2D eigenvalue weighted by molar-refractivity contribution is 6.31. The summed E-state index contributed by atoms with van der Waals surface area (Å²) in [7, 11) is 0. The zero-order chi connectivity index (χ0) is 21.0. The highest BCUT2D eigenvalue weighted by Gasteiger charge is 2.33. The van der Waals surface area contributed by atoms with Crippen molar-refractivity contribution in [2.45, 2.75) is 52.2 Å². The third kappa shape index (κ3) is 5.93. The largest absolute Gasteiger partial charge is 0.444 e. The molecule has 2 heterocycles. The summed E-state index contributed by atoms with van der Waals surface area (Å²) in [6.45, 7) is 10.2. The number of aryl methyl sites for hydroxylation is 2. The Morgan fingerprint density at radius 3 is 2.72 bits per heavy atom. The highest BCUT2D eigenvalue weighted by atomic mass is 35.5. The molecule has 2 aromatic rings. The van der Waals surface area contributed by atoms with E-state index in [4.69, 9.17) is 20.9 Å². The van der Waals surface area contributed by atoms with E-state index in [9.17, 15) is 4.79 Å². The summed E-state index contributed by atoms with van der Waals surface area (Å²) in [6, 6.07) is 7.83. The van der Waals surface area contributed by atoms with Crippen molar-refractivity contribution in [1.82, 2.24) is 19.9 Å². The summed E-state index contributed by atoms with van der Waals surface area (Å²) in [5.41, 5.74) is 0.507. The Hall–Kier alpha value is -2.12. The van der Waals surface area contributed by atoms with Crippen LogP contribution in [0, 0.1) is 6.92 Å². The van der Waals surface area contributed by atoms with Crippen LogP contribution >= 0.6 is 11.6 Å². The first-order valence-corrected chi connectivity index (χ1v) is 10.4. The maximum Gasteiger partial charge on any atom is 0.410 e. The number of benzene rings is 1. The number of carbonyl (C=O) groups is 1. The molecule has 0 aliphatic carbocycles. The van der Waals surface area contributed by atoms with Crippen LogP contribution in [0.15, 0.2) is 28.8 Å². The zero-order valence-electron chi connectivity index (χ0n) is 17.5. The maximum absolute atomic E-state index is 12.6. The molecule has 158 valence electrons. The van der Waals surface area contributed by atoms with E-state index in [0.29, 0.717) is 29.8 Å². The fourth-order valence-corrected chi connectivity index (χ4v) is 3.76. The van der Waals surface area contributed by atoms with Gasteiger partial charge in [0.1, 0.15) is 5.60 Å². The number of ether oxygens (including phenoxy) is 1. The first-order valence-electron chi connectivity index (χ1n) is 9.98. The second-order valence-corrected chi connectivity index (χ2v) is 8.75. The molecule has 1 saturated heterocycles. The molecule has 1 atom stereocenters. The van der Waals surface area contributed by atoms with Crippen molar-refractivity contribution in [1.29, 1.82) is 0 Å². The van der Waals surface area contributed by atoms with E-state index in [0.717, 1.165) is 31.5 Å². The number of amides is 1. The number of carbonyl (C=O) groups excluding carboxylic acids is 1. The molecule has 0 bridgehead atoms.